The summed E-state index contributed by atoms with van der Waals surface area (Å²) in [6.45, 7) is 4.35. The minimum absolute atomic E-state index is 0.00304. The Balaban J connectivity index is 1.49. The summed E-state index contributed by atoms with van der Waals surface area (Å²) in [5, 5.41) is 2.96. The predicted octanol–water partition coefficient (Wildman–Crippen LogP) is 0.578. The molecule has 1 aromatic rings. The van der Waals surface area contributed by atoms with Gasteiger partial charge in [0.15, 0.2) is 0 Å². The molecule has 1 aromatic heterocycles. The Morgan fingerprint density at radius 1 is 1.19 bits per heavy atom. The van der Waals surface area contributed by atoms with Crippen LogP contribution < -0.4 is 10.2 Å². The SMILES string of the molecule is CN(C)CCCNC(=O)C1(C(=O)N2CCN(c3ccccn3)CC2)CC1. The average Bonchev–Trinajstić information content (AvgIpc) is 3.47. The van der Waals surface area contributed by atoms with Crippen LogP contribution in [0.5, 0.6) is 0 Å². The van der Waals surface area contributed by atoms with E-state index in [9.17, 15) is 9.59 Å². The molecule has 2 amide bonds. The van der Waals surface area contributed by atoms with Crippen molar-refractivity contribution in [3.63, 3.8) is 0 Å². The van der Waals surface area contributed by atoms with Crippen molar-refractivity contribution in [2.24, 2.45) is 5.41 Å². The van der Waals surface area contributed by atoms with Gasteiger partial charge in [0, 0.05) is 38.9 Å². The molecule has 1 aliphatic heterocycles. The summed E-state index contributed by atoms with van der Waals surface area (Å²) < 4.78 is 0. The molecule has 2 aliphatic rings. The molecule has 0 unspecified atom stereocenters. The maximum atomic E-state index is 12.9. The number of pyridine rings is 1. The Morgan fingerprint density at radius 2 is 1.92 bits per heavy atom. The molecule has 7 heteroatoms. The maximum Gasteiger partial charge on any atom is 0.238 e. The highest BCUT2D eigenvalue weighted by atomic mass is 16.2. The first kappa shape index (κ1) is 18.6. The number of carbonyl (C=O) groups is 2. The normalized spacial score (nSPS) is 18.7. The molecule has 1 saturated heterocycles. The van der Waals surface area contributed by atoms with Gasteiger partial charge in [0.25, 0.3) is 0 Å². The highest BCUT2D eigenvalue weighted by Gasteiger charge is 2.58. The summed E-state index contributed by atoms with van der Waals surface area (Å²) in [5.41, 5.74) is -0.800. The number of amides is 2. The van der Waals surface area contributed by atoms with E-state index >= 15 is 0 Å². The lowest BCUT2D eigenvalue weighted by atomic mass is 10.0. The van der Waals surface area contributed by atoms with Crippen LogP contribution in [-0.2, 0) is 9.59 Å². The van der Waals surface area contributed by atoms with Gasteiger partial charge in [-0.2, -0.15) is 0 Å². The number of aromatic nitrogens is 1. The Kier molecular flexibility index (Phi) is 5.76. The fourth-order valence-electron chi connectivity index (χ4n) is 3.41. The number of rotatable bonds is 7. The van der Waals surface area contributed by atoms with Gasteiger partial charge in [-0.15, -0.1) is 0 Å². The second-order valence-electron chi connectivity index (χ2n) is 7.46. The molecule has 0 radical (unpaired) electrons. The van der Waals surface area contributed by atoms with Crippen molar-refractivity contribution in [2.75, 3.05) is 58.3 Å². The molecule has 0 atom stereocenters. The van der Waals surface area contributed by atoms with Crippen LogP contribution in [0.15, 0.2) is 24.4 Å². The fourth-order valence-corrected chi connectivity index (χ4v) is 3.41. The van der Waals surface area contributed by atoms with Gasteiger partial charge in [0.1, 0.15) is 11.2 Å². The van der Waals surface area contributed by atoms with E-state index in [1.165, 1.54) is 0 Å². The summed E-state index contributed by atoms with van der Waals surface area (Å²) in [7, 11) is 4.02. The van der Waals surface area contributed by atoms with Gasteiger partial charge < -0.3 is 20.0 Å². The largest absolute Gasteiger partial charge is 0.355 e. The zero-order chi connectivity index (χ0) is 18.6. The predicted molar refractivity (Wildman–Crippen MR) is 101 cm³/mol. The molecule has 1 N–H and O–H groups in total. The molecule has 3 rings (SSSR count). The quantitative estimate of drug-likeness (QED) is 0.570. The van der Waals surface area contributed by atoms with Crippen molar-refractivity contribution in [1.82, 2.24) is 20.1 Å². The highest BCUT2D eigenvalue weighted by molar-refractivity contribution is 6.07. The van der Waals surface area contributed by atoms with E-state index in [0.29, 0.717) is 32.5 Å². The lowest BCUT2D eigenvalue weighted by Gasteiger charge is -2.36. The molecule has 0 spiro atoms. The molecular formula is C19H29N5O2. The number of nitrogens with one attached hydrogen (secondary N) is 1. The van der Waals surface area contributed by atoms with Crippen molar-refractivity contribution in [1.29, 1.82) is 0 Å². The highest BCUT2D eigenvalue weighted by Crippen LogP contribution is 2.47. The summed E-state index contributed by atoms with van der Waals surface area (Å²) >= 11 is 0. The minimum atomic E-state index is -0.800. The molecule has 1 aliphatic carbocycles. The first-order valence-electron chi connectivity index (χ1n) is 9.41. The van der Waals surface area contributed by atoms with Crippen LogP contribution in [0.25, 0.3) is 0 Å². The van der Waals surface area contributed by atoms with E-state index < -0.39 is 5.41 Å². The third-order valence-electron chi connectivity index (χ3n) is 5.20. The zero-order valence-corrected chi connectivity index (χ0v) is 15.8. The third kappa shape index (κ3) is 4.15. The van der Waals surface area contributed by atoms with Gasteiger partial charge in [0.05, 0.1) is 0 Å². The van der Waals surface area contributed by atoms with Crippen LogP contribution in [0, 0.1) is 5.41 Å². The molecule has 26 heavy (non-hydrogen) atoms. The van der Waals surface area contributed by atoms with E-state index in [-0.39, 0.29) is 11.8 Å². The van der Waals surface area contributed by atoms with E-state index in [1.807, 2.05) is 37.2 Å². The van der Waals surface area contributed by atoms with Gasteiger partial charge in [-0.05, 0) is 52.0 Å². The van der Waals surface area contributed by atoms with Crippen molar-refractivity contribution >= 4 is 17.6 Å². The van der Waals surface area contributed by atoms with Crippen LogP contribution in [0.3, 0.4) is 0 Å². The molecule has 142 valence electrons. The van der Waals surface area contributed by atoms with E-state index in [4.69, 9.17) is 0 Å². The van der Waals surface area contributed by atoms with Crippen molar-refractivity contribution < 1.29 is 9.59 Å². The maximum absolute atomic E-state index is 12.9. The molecular weight excluding hydrogens is 330 g/mol. The first-order valence-corrected chi connectivity index (χ1v) is 9.41. The summed E-state index contributed by atoms with van der Waals surface area (Å²) in [6, 6.07) is 5.86. The lowest BCUT2D eigenvalue weighted by Crippen LogP contribution is -2.53. The third-order valence-corrected chi connectivity index (χ3v) is 5.20. The van der Waals surface area contributed by atoms with Crippen LogP contribution in [0.4, 0.5) is 5.82 Å². The zero-order valence-electron chi connectivity index (χ0n) is 15.8. The lowest BCUT2D eigenvalue weighted by molar-refractivity contribution is -0.144. The second kappa shape index (κ2) is 8.03. The average molecular weight is 359 g/mol. The van der Waals surface area contributed by atoms with Crippen molar-refractivity contribution in [2.45, 2.75) is 19.3 Å². The molecule has 2 fully saturated rings. The van der Waals surface area contributed by atoms with Crippen molar-refractivity contribution in [3.8, 4) is 0 Å². The van der Waals surface area contributed by atoms with Crippen LogP contribution in [-0.4, -0.2) is 80.0 Å². The molecule has 0 bridgehead atoms. The molecule has 0 aromatic carbocycles. The molecule has 2 heterocycles. The van der Waals surface area contributed by atoms with E-state index in [1.54, 1.807) is 6.20 Å². The monoisotopic (exact) mass is 359 g/mol. The van der Waals surface area contributed by atoms with Crippen molar-refractivity contribution in [3.05, 3.63) is 24.4 Å². The Bertz CT molecular complexity index is 622. The minimum Gasteiger partial charge on any atom is -0.355 e. The topological polar surface area (TPSA) is 68.8 Å². The number of nitrogens with zero attached hydrogens (tertiary/aromatic N) is 4. The van der Waals surface area contributed by atoms with E-state index in [2.05, 4.69) is 20.1 Å². The van der Waals surface area contributed by atoms with Gasteiger partial charge in [-0.1, -0.05) is 6.07 Å². The number of hydrogen-bond donors (Lipinski definition) is 1. The number of hydrogen-bond acceptors (Lipinski definition) is 5. The first-order chi connectivity index (χ1) is 12.5. The van der Waals surface area contributed by atoms with E-state index in [0.717, 1.165) is 31.9 Å². The Morgan fingerprint density at radius 3 is 2.50 bits per heavy atom. The van der Waals surface area contributed by atoms with Gasteiger partial charge in [-0.3, -0.25) is 9.59 Å². The summed E-state index contributed by atoms with van der Waals surface area (Å²) in [4.78, 5) is 36.0. The molecule has 7 nitrogen and oxygen atoms in total. The second-order valence-corrected chi connectivity index (χ2v) is 7.46. The smallest absolute Gasteiger partial charge is 0.238 e. The van der Waals surface area contributed by atoms with Crippen LogP contribution in [0.1, 0.15) is 19.3 Å². The van der Waals surface area contributed by atoms with Crippen LogP contribution in [0.2, 0.25) is 0 Å². The van der Waals surface area contributed by atoms with Gasteiger partial charge >= 0.3 is 0 Å². The van der Waals surface area contributed by atoms with Gasteiger partial charge in [-0.25, -0.2) is 4.98 Å². The number of anilines is 1. The summed E-state index contributed by atoms with van der Waals surface area (Å²) in [5.74, 6) is 0.857. The number of carbonyl (C=O) groups excluding carboxylic acids is 2. The van der Waals surface area contributed by atoms with Crippen LogP contribution >= 0.6 is 0 Å². The standard InChI is InChI=1S/C19H29N5O2/c1-22(2)11-5-10-21-17(25)19(7-8-19)18(26)24-14-12-23(13-15-24)16-6-3-4-9-20-16/h3-4,6,9H,5,7-8,10-15H2,1-2H3,(H,21,25). The molecule has 1 saturated carbocycles. The Labute approximate surface area is 155 Å². The number of piperazine rings is 1. The Hall–Kier alpha value is -2.15. The van der Waals surface area contributed by atoms with Gasteiger partial charge in [0.2, 0.25) is 11.8 Å². The fraction of sp³-hybridized carbons (Fsp3) is 0.632. The summed E-state index contributed by atoms with van der Waals surface area (Å²) in [6.07, 6.45) is 4.02.